The monoisotopic (exact) mass is 198 g/mol. The van der Waals surface area contributed by atoms with Crippen molar-refractivity contribution < 1.29 is 0 Å². The Hall–Kier alpha value is -0.0800. The van der Waals surface area contributed by atoms with Crippen LogP contribution in [0.25, 0.3) is 0 Å². The van der Waals surface area contributed by atoms with Gasteiger partial charge in [0, 0.05) is 37.3 Å². The van der Waals surface area contributed by atoms with E-state index >= 15 is 0 Å². The molecule has 1 saturated heterocycles. The topological polar surface area (TPSA) is 6.48 Å². The van der Waals surface area contributed by atoms with Crippen molar-refractivity contribution in [3.05, 3.63) is 0 Å². The molecule has 2 nitrogen and oxygen atoms in total. The van der Waals surface area contributed by atoms with Gasteiger partial charge in [-0.05, 0) is 41.5 Å². The standard InChI is InChI=1S/C12H26N2/c1-10(2)14-8-7-13(9-11(14)3)12(4,5)6/h10-11H,7-9H2,1-6H3/t11-/m1/s1. The van der Waals surface area contributed by atoms with E-state index in [0.29, 0.717) is 17.6 Å². The molecule has 0 spiro atoms. The summed E-state index contributed by atoms with van der Waals surface area (Å²) in [5.41, 5.74) is 0.331. The summed E-state index contributed by atoms with van der Waals surface area (Å²) >= 11 is 0. The summed E-state index contributed by atoms with van der Waals surface area (Å²) in [5.74, 6) is 0. The van der Waals surface area contributed by atoms with Crippen LogP contribution in [0.2, 0.25) is 0 Å². The zero-order chi connectivity index (χ0) is 10.9. The summed E-state index contributed by atoms with van der Waals surface area (Å²) in [4.78, 5) is 5.19. The van der Waals surface area contributed by atoms with Gasteiger partial charge in [-0.3, -0.25) is 9.80 Å². The fraction of sp³-hybridized carbons (Fsp3) is 1.00. The third kappa shape index (κ3) is 2.71. The van der Waals surface area contributed by atoms with Crippen LogP contribution < -0.4 is 0 Å². The van der Waals surface area contributed by atoms with Gasteiger partial charge in [-0.1, -0.05) is 0 Å². The number of rotatable bonds is 1. The molecule has 1 heterocycles. The minimum atomic E-state index is 0.331. The Balaban J connectivity index is 2.55. The highest BCUT2D eigenvalue weighted by atomic mass is 15.3. The Morgan fingerprint density at radius 3 is 2.07 bits per heavy atom. The minimum Gasteiger partial charge on any atom is -0.296 e. The summed E-state index contributed by atoms with van der Waals surface area (Å²) in [5, 5.41) is 0. The number of piperazine rings is 1. The van der Waals surface area contributed by atoms with Crippen molar-refractivity contribution in [2.45, 2.75) is 59.2 Å². The van der Waals surface area contributed by atoms with Gasteiger partial charge in [0.25, 0.3) is 0 Å². The van der Waals surface area contributed by atoms with Gasteiger partial charge in [0.2, 0.25) is 0 Å². The molecule has 0 aromatic carbocycles. The van der Waals surface area contributed by atoms with Crippen molar-refractivity contribution in [2.75, 3.05) is 19.6 Å². The second kappa shape index (κ2) is 4.19. The highest BCUT2D eigenvalue weighted by Gasteiger charge is 2.30. The molecule has 1 rings (SSSR count). The Morgan fingerprint density at radius 1 is 1.14 bits per heavy atom. The van der Waals surface area contributed by atoms with E-state index < -0.39 is 0 Å². The molecule has 14 heavy (non-hydrogen) atoms. The molecule has 0 aliphatic carbocycles. The van der Waals surface area contributed by atoms with Crippen LogP contribution in [-0.2, 0) is 0 Å². The van der Waals surface area contributed by atoms with Crippen LogP contribution in [0, 0.1) is 0 Å². The first-order chi connectivity index (χ1) is 6.32. The predicted octanol–water partition coefficient (Wildman–Crippen LogP) is 2.20. The molecule has 0 bridgehead atoms. The maximum absolute atomic E-state index is 2.60. The average Bonchev–Trinajstić information content (AvgIpc) is 2.01. The Morgan fingerprint density at radius 2 is 1.71 bits per heavy atom. The van der Waals surface area contributed by atoms with Crippen LogP contribution in [0.1, 0.15) is 41.5 Å². The lowest BCUT2D eigenvalue weighted by molar-refractivity contribution is 0.0137. The molecule has 0 radical (unpaired) electrons. The first-order valence-electron chi connectivity index (χ1n) is 5.83. The molecule has 0 unspecified atom stereocenters. The summed E-state index contributed by atoms with van der Waals surface area (Å²) < 4.78 is 0. The van der Waals surface area contributed by atoms with E-state index in [1.165, 1.54) is 19.6 Å². The zero-order valence-electron chi connectivity index (χ0n) is 10.7. The van der Waals surface area contributed by atoms with Gasteiger partial charge < -0.3 is 0 Å². The van der Waals surface area contributed by atoms with Crippen molar-refractivity contribution in [1.29, 1.82) is 0 Å². The zero-order valence-corrected chi connectivity index (χ0v) is 10.7. The molecular formula is C12H26N2. The lowest BCUT2D eigenvalue weighted by atomic mass is 10.0. The second-order valence-electron chi connectivity index (χ2n) is 5.80. The van der Waals surface area contributed by atoms with Crippen molar-refractivity contribution in [3.63, 3.8) is 0 Å². The highest BCUT2D eigenvalue weighted by molar-refractivity contribution is 4.87. The van der Waals surface area contributed by atoms with Crippen LogP contribution in [0.15, 0.2) is 0 Å². The molecular weight excluding hydrogens is 172 g/mol. The Bertz CT molecular complexity index is 181. The van der Waals surface area contributed by atoms with Gasteiger partial charge in [0.05, 0.1) is 0 Å². The van der Waals surface area contributed by atoms with Crippen LogP contribution in [-0.4, -0.2) is 47.1 Å². The maximum Gasteiger partial charge on any atom is 0.0198 e. The van der Waals surface area contributed by atoms with E-state index in [0.717, 1.165) is 0 Å². The quantitative estimate of drug-likeness (QED) is 0.637. The molecule has 84 valence electrons. The van der Waals surface area contributed by atoms with Gasteiger partial charge >= 0.3 is 0 Å². The molecule has 0 amide bonds. The van der Waals surface area contributed by atoms with Crippen LogP contribution in [0.5, 0.6) is 0 Å². The van der Waals surface area contributed by atoms with E-state index in [-0.39, 0.29) is 0 Å². The highest BCUT2D eigenvalue weighted by Crippen LogP contribution is 2.20. The van der Waals surface area contributed by atoms with Gasteiger partial charge in [-0.2, -0.15) is 0 Å². The van der Waals surface area contributed by atoms with Crippen molar-refractivity contribution in [1.82, 2.24) is 9.80 Å². The molecule has 1 aliphatic rings. The molecule has 0 aromatic rings. The van der Waals surface area contributed by atoms with Crippen LogP contribution >= 0.6 is 0 Å². The smallest absolute Gasteiger partial charge is 0.0198 e. The molecule has 1 aliphatic heterocycles. The summed E-state index contributed by atoms with van der Waals surface area (Å²) in [6.07, 6.45) is 0. The van der Waals surface area contributed by atoms with E-state index in [1.807, 2.05) is 0 Å². The Labute approximate surface area is 89.3 Å². The van der Waals surface area contributed by atoms with E-state index in [2.05, 4.69) is 51.3 Å². The fourth-order valence-corrected chi connectivity index (χ4v) is 2.35. The summed E-state index contributed by atoms with van der Waals surface area (Å²) in [7, 11) is 0. The van der Waals surface area contributed by atoms with Gasteiger partial charge in [0.15, 0.2) is 0 Å². The lowest BCUT2D eigenvalue weighted by Crippen LogP contribution is -2.58. The molecule has 1 atom stereocenters. The molecule has 1 fully saturated rings. The second-order valence-corrected chi connectivity index (χ2v) is 5.80. The minimum absolute atomic E-state index is 0.331. The van der Waals surface area contributed by atoms with Crippen molar-refractivity contribution in [2.24, 2.45) is 0 Å². The number of nitrogens with zero attached hydrogens (tertiary/aromatic N) is 2. The first-order valence-corrected chi connectivity index (χ1v) is 5.83. The average molecular weight is 198 g/mol. The predicted molar refractivity (Wildman–Crippen MR) is 62.6 cm³/mol. The van der Waals surface area contributed by atoms with Gasteiger partial charge in [0.1, 0.15) is 0 Å². The van der Waals surface area contributed by atoms with Gasteiger partial charge in [-0.25, -0.2) is 0 Å². The Kier molecular flexibility index (Phi) is 3.59. The summed E-state index contributed by atoms with van der Waals surface area (Å²) in [6.45, 7) is 17.5. The maximum atomic E-state index is 2.60. The SMILES string of the molecule is CC(C)N1CCN(C(C)(C)C)C[C@H]1C. The molecule has 2 heteroatoms. The fourth-order valence-electron chi connectivity index (χ4n) is 2.35. The third-order valence-electron chi connectivity index (χ3n) is 3.29. The molecule has 0 saturated carbocycles. The van der Waals surface area contributed by atoms with Crippen molar-refractivity contribution >= 4 is 0 Å². The number of hydrogen-bond donors (Lipinski definition) is 0. The third-order valence-corrected chi connectivity index (χ3v) is 3.29. The van der Waals surface area contributed by atoms with Gasteiger partial charge in [-0.15, -0.1) is 0 Å². The molecule has 0 N–H and O–H groups in total. The lowest BCUT2D eigenvalue weighted by Gasteiger charge is -2.47. The summed E-state index contributed by atoms with van der Waals surface area (Å²) in [6, 6.07) is 1.38. The van der Waals surface area contributed by atoms with E-state index in [4.69, 9.17) is 0 Å². The first kappa shape index (κ1) is 12.0. The normalized spacial score (nSPS) is 27.2. The van der Waals surface area contributed by atoms with E-state index in [1.54, 1.807) is 0 Å². The van der Waals surface area contributed by atoms with Crippen LogP contribution in [0.4, 0.5) is 0 Å². The van der Waals surface area contributed by atoms with E-state index in [9.17, 15) is 0 Å². The largest absolute Gasteiger partial charge is 0.296 e. The number of hydrogen-bond acceptors (Lipinski definition) is 2. The van der Waals surface area contributed by atoms with Crippen LogP contribution in [0.3, 0.4) is 0 Å². The van der Waals surface area contributed by atoms with Crippen molar-refractivity contribution in [3.8, 4) is 0 Å². The molecule has 0 aromatic heterocycles.